The zero-order valence-corrected chi connectivity index (χ0v) is 19.9. The molecular weight excluding hydrogens is 493 g/mol. The Hall–Kier alpha value is -0.250. The standard InChI is InChI=1S/C19H30ClN5S.HI/c1-21-18(22-9-6-16-4-5-17(20)23-14-16)24-15-19(7-2-3-8-19)25-10-12-26-13-11-25;/h4-5,14H,2-3,6-13,15H2,1H3,(H2,21,22,24);1H. The molecule has 1 saturated carbocycles. The average Bonchev–Trinajstić information content (AvgIpc) is 3.17. The van der Waals surface area contributed by atoms with E-state index in [4.69, 9.17) is 11.6 Å². The van der Waals surface area contributed by atoms with Gasteiger partial charge in [-0.3, -0.25) is 9.89 Å². The molecule has 2 N–H and O–H groups in total. The molecule has 0 unspecified atom stereocenters. The topological polar surface area (TPSA) is 52.6 Å². The molecule has 8 heteroatoms. The Morgan fingerprint density at radius 3 is 2.63 bits per heavy atom. The van der Waals surface area contributed by atoms with Gasteiger partial charge in [0, 0.05) is 56.5 Å². The number of aliphatic imine (C=N–C) groups is 1. The van der Waals surface area contributed by atoms with Crippen LogP contribution < -0.4 is 10.6 Å². The SMILES string of the molecule is CN=C(NCCc1ccc(Cl)nc1)NCC1(N2CCSCC2)CCCC1.I. The molecule has 1 aromatic rings. The molecule has 152 valence electrons. The van der Waals surface area contributed by atoms with Gasteiger partial charge >= 0.3 is 0 Å². The van der Waals surface area contributed by atoms with Crippen LogP contribution in [-0.4, -0.2) is 66.1 Å². The van der Waals surface area contributed by atoms with Gasteiger partial charge < -0.3 is 10.6 Å². The normalized spacial score (nSPS) is 20.1. The minimum absolute atomic E-state index is 0. The molecule has 1 aromatic heterocycles. The third-order valence-corrected chi connectivity index (χ3v) is 6.69. The van der Waals surface area contributed by atoms with Crippen molar-refractivity contribution in [1.82, 2.24) is 20.5 Å². The predicted molar refractivity (Wildman–Crippen MR) is 128 cm³/mol. The Labute approximate surface area is 189 Å². The second kappa shape index (κ2) is 11.7. The molecule has 3 rings (SSSR count). The minimum atomic E-state index is 0. The fraction of sp³-hybridized carbons (Fsp3) is 0.684. The number of hydrogen-bond donors (Lipinski definition) is 2. The third kappa shape index (κ3) is 6.65. The van der Waals surface area contributed by atoms with E-state index in [2.05, 4.69) is 37.3 Å². The highest BCUT2D eigenvalue weighted by atomic mass is 127. The molecular formula is C19H31ClIN5S. The van der Waals surface area contributed by atoms with Gasteiger partial charge in [-0.2, -0.15) is 11.8 Å². The molecule has 0 spiro atoms. The summed E-state index contributed by atoms with van der Waals surface area (Å²) in [5.74, 6) is 3.43. The fourth-order valence-electron chi connectivity index (χ4n) is 4.02. The second-order valence-electron chi connectivity index (χ2n) is 7.12. The lowest BCUT2D eigenvalue weighted by molar-refractivity contribution is 0.107. The number of thioether (sulfide) groups is 1. The van der Waals surface area contributed by atoms with Crippen molar-refractivity contribution < 1.29 is 0 Å². The molecule has 1 aliphatic heterocycles. The first-order valence-corrected chi connectivity index (χ1v) is 11.1. The van der Waals surface area contributed by atoms with E-state index in [1.165, 1.54) is 55.8 Å². The molecule has 2 fully saturated rings. The molecule has 1 saturated heterocycles. The Morgan fingerprint density at radius 1 is 1.26 bits per heavy atom. The van der Waals surface area contributed by atoms with E-state index < -0.39 is 0 Å². The van der Waals surface area contributed by atoms with Gasteiger partial charge in [0.1, 0.15) is 5.15 Å². The van der Waals surface area contributed by atoms with Crippen LogP contribution >= 0.6 is 47.3 Å². The third-order valence-electron chi connectivity index (χ3n) is 5.52. The van der Waals surface area contributed by atoms with Crippen LogP contribution in [0.2, 0.25) is 5.15 Å². The first-order chi connectivity index (χ1) is 12.7. The van der Waals surface area contributed by atoms with Gasteiger partial charge in [0.2, 0.25) is 0 Å². The number of pyridine rings is 1. The molecule has 5 nitrogen and oxygen atoms in total. The van der Waals surface area contributed by atoms with E-state index >= 15 is 0 Å². The summed E-state index contributed by atoms with van der Waals surface area (Å²) in [6.45, 7) is 4.26. The van der Waals surface area contributed by atoms with Gasteiger partial charge in [0.05, 0.1) is 0 Å². The molecule has 0 radical (unpaired) electrons. The molecule has 27 heavy (non-hydrogen) atoms. The number of halogens is 2. The molecule has 2 heterocycles. The Bertz CT molecular complexity index is 586. The molecule has 0 atom stereocenters. The summed E-state index contributed by atoms with van der Waals surface area (Å²) < 4.78 is 0. The van der Waals surface area contributed by atoms with Crippen molar-refractivity contribution in [3.05, 3.63) is 29.0 Å². The fourth-order valence-corrected chi connectivity index (χ4v) is 5.04. The quantitative estimate of drug-likeness (QED) is 0.259. The van der Waals surface area contributed by atoms with Crippen LogP contribution in [0, 0.1) is 0 Å². The molecule has 1 aliphatic carbocycles. The first-order valence-electron chi connectivity index (χ1n) is 9.60. The van der Waals surface area contributed by atoms with Crippen molar-refractivity contribution in [3.63, 3.8) is 0 Å². The van der Waals surface area contributed by atoms with Crippen LogP contribution in [0.4, 0.5) is 0 Å². The molecule has 2 aliphatic rings. The maximum atomic E-state index is 5.84. The predicted octanol–water partition coefficient (Wildman–Crippen LogP) is 3.42. The van der Waals surface area contributed by atoms with Crippen molar-refractivity contribution in [3.8, 4) is 0 Å². The molecule has 0 bridgehead atoms. The summed E-state index contributed by atoms with van der Waals surface area (Å²) in [6, 6.07) is 3.86. The lowest BCUT2D eigenvalue weighted by atomic mass is 9.94. The summed E-state index contributed by atoms with van der Waals surface area (Å²) in [4.78, 5) is 11.3. The summed E-state index contributed by atoms with van der Waals surface area (Å²) in [5.41, 5.74) is 1.49. The zero-order chi connectivity index (χ0) is 18.2. The number of hydrogen-bond acceptors (Lipinski definition) is 4. The smallest absolute Gasteiger partial charge is 0.191 e. The molecule has 0 aromatic carbocycles. The summed E-state index contributed by atoms with van der Waals surface area (Å²) in [7, 11) is 1.85. The van der Waals surface area contributed by atoms with E-state index in [0.29, 0.717) is 10.7 Å². The summed E-state index contributed by atoms with van der Waals surface area (Å²) in [5, 5.41) is 7.57. The van der Waals surface area contributed by atoms with E-state index in [9.17, 15) is 0 Å². The van der Waals surface area contributed by atoms with E-state index in [1.54, 1.807) is 0 Å². The van der Waals surface area contributed by atoms with Crippen LogP contribution in [0.3, 0.4) is 0 Å². The van der Waals surface area contributed by atoms with Crippen LogP contribution in [-0.2, 0) is 6.42 Å². The minimum Gasteiger partial charge on any atom is -0.356 e. The van der Waals surface area contributed by atoms with Crippen LogP contribution in [0.1, 0.15) is 31.2 Å². The maximum absolute atomic E-state index is 5.84. The van der Waals surface area contributed by atoms with Crippen LogP contribution in [0.5, 0.6) is 0 Å². The van der Waals surface area contributed by atoms with Crippen molar-refractivity contribution in [1.29, 1.82) is 0 Å². The summed E-state index contributed by atoms with van der Waals surface area (Å²) >= 11 is 7.92. The number of rotatable bonds is 6. The van der Waals surface area contributed by atoms with Crippen molar-refractivity contribution >= 4 is 53.3 Å². The zero-order valence-electron chi connectivity index (χ0n) is 16.0. The lowest BCUT2D eigenvalue weighted by Gasteiger charge is -2.43. The number of aromatic nitrogens is 1. The maximum Gasteiger partial charge on any atom is 0.191 e. The summed E-state index contributed by atoms with van der Waals surface area (Å²) in [6.07, 6.45) is 8.04. The van der Waals surface area contributed by atoms with Crippen LogP contribution in [0.25, 0.3) is 0 Å². The largest absolute Gasteiger partial charge is 0.356 e. The first kappa shape index (κ1) is 23.0. The second-order valence-corrected chi connectivity index (χ2v) is 8.73. The van der Waals surface area contributed by atoms with E-state index in [1.807, 2.05) is 25.4 Å². The Morgan fingerprint density at radius 2 is 2.00 bits per heavy atom. The van der Waals surface area contributed by atoms with Gasteiger partial charge in [-0.25, -0.2) is 4.98 Å². The number of nitrogens with zero attached hydrogens (tertiary/aromatic N) is 3. The number of guanidine groups is 1. The number of nitrogens with one attached hydrogen (secondary N) is 2. The highest BCUT2D eigenvalue weighted by molar-refractivity contribution is 14.0. The van der Waals surface area contributed by atoms with E-state index in [-0.39, 0.29) is 24.0 Å². The van der Waals surface area contributed by atoms with Gasteiger partial charge in [0.25, 0.3) is 0 Å². The lowest BCUT2D eigenvalue weighted by Crippen LogP contribution is -2.57. The van der Waals surface area contributed by atoms with Crippen LogP contribution in [0.15, 0.2) is 23.3 Å². The Kier molecular flexibility index (Phi) is 9.96. The van der Waals surface area contributed by atoms with Gasteiger partial charge in [-0.05, 0) is 30.9 Å². The van der Waals surface area contributed by atoms with E-state index in [0.717, 1.165) is 25.5 Å². The average molecular weight is 524 g/mol. The highest BCUT2D eigenvalue weighted by Crippen LogP contribution is 2.36. The van der Waals surface area contributed by atoms with Gasteiger partial charge in [-0.15, -0.1) is 24.0 Å². The molecule has 0 amide bonds. The van der Waals surface area contributed by atoms with Gasteiger partial charge in [-0.1, -0.05) is 30.5 Å². The van der Waals surface area contributed by atoms with Crippen molar-refractivity contribution in [2.24, 2.45) is 4.99 Å². The van der Waals surface area contributed by atoms with Gasteiger partial charge in [0.15, 0.2) is 5.96 Å². The van der Waals surface area contributed by atoms with Crippen molar-refractivity contribution in [2.75, 3.05) is 44.7 Å². The highest BCUT2D eigenvalue weighted by Gasteiger charge is 2.39. The van der Waals surface area contributed by atoms with Crippen molar-refractivity contribution in [2.45, 2.75) is 37.6 Å². The monoisotopic (exact) mass is 523 g/mol. The Balaban J connectivity index is 0.00000261.